The molecule has 0 radical (unpaired) electrons. The van der Waals surface area contributed by atoms with Gasteiger partial charge in [0.15, 0.2) is 4.80 Å². The number of nitrogens with zero attached hydrogens (tertiary/aromatic N) is 2. The van der Waals surface area contributed by atoms with Crippen LogP contribution >= 0.6 is 62.1 Å². The summed E-state index contributed by atoms with van der Waals surface area (Å²) in [4.78, 5) is 32.4. The molecule has 0 bridgehead atoms. The predicted octanol–water partition coefficient (Wildman–Crippen LogP) is 7.50. The molecule has 1 aromatic heterocycles. The van der Waals surface area contributed by atoms with Gasteiger partial charge in [0.25, 0.3) is 5.56 Å². The number of thiazole rings is 1. The highest BCUT2D eigenvalue weighted by Gasteiger charge is 2.33. The third-order valence-electron chi connectivity index (χ3n) is 6.73. The highest BCUT2D eigenvalue weighted by atomic mass is 79.9. The zero-order valence-electron chi connectivity index (χ0n) is 23.8. The zero-order valence-corrected chi connectivity index (χ0v) is 28.5. The number of hydrogen-bond acceptors (Lipinski definition) is 7. The number of esters is 1. The van der Waals surface area contributed by atoms with Crippen molar-refractivity contribution in [1.82, 2.24) is 4.57 Å². The first kappa shape index (κ1) is 32.3. The van der Waals surface area contributed by atoms with Crippen LogP contribution in [0.3, 0.4) is 0 Å². The molecule has 44 heavy (non-hydrogen) atoms. The Balaban J connectivity index is 1.63. The fraction of sp³-hybridized carbons (Fsp3) is 0.219. The van der Waals surface area contributed by atoms with E-state index >= 15 is 0 Å². The lowest BCUT2D eigenvalue weighted by Gasteiger charge is -2.24. The van der Waals surface area contributed by atoms with Gasteiger partial charge in [-0.2, -0.15) is 0 Å². The fourth-order valence-corrected chi connectivity index (χ4v) is 7.24. The molecular formula is C32H26BrCl3N2O5S. The van der Waals surface area contributed by atoms with E-state index in [1.807, 2.05) is 31.2 Å². The van der Waals surface area contributed by atoms with Crippen molar-refractivity contribution in [3.63, 3.8) is 0 Å². The van der Waals surface area contributed by atoms with Crippen molar-refractivity contribution in [2.45, 2.75) is 33.4 Å². The Morgan fingerprint density at radius 1 is 1.02 bits per heavy atom. The molecule has 0 saturated heterocycles. The minimum absolute atomic E-state index is 0.151. The molecule has 0 aliphatic carbocycles. The van der Waals surface area contributed by atoms with E-state index in [1.54, 1.807) is 50.3 Å². The Morgan fingerprint density at radius 3 is 2.45 bits per heavy atom. The second kappa shape index (κ2) is 13.9. The molecular weight excluding hydrogens is 711 g/mol. The standard InChI is InChI=1S/C32H26BrCl3N2O5S/c1-4-41-23-10-7-18(8-11-23)28-27(31(40)42-5-2)17(3)37-32-38(28)30(39)26(44-32)13-20-12-22(35)14-24(33)29(20)43-16-19-6-9-21(34)15-25(19)36/h6-15,28H,4-5,16H2,1-3H3/b26-13-/t28-/m0/s1. The Morgan fingerprint density at radius 2 is 1.77 bits per heavy atom. The second-order valence-electron chi connectivity index (χ2n) is 9.63. The average molecular weight is 737 g/mol. The van der Waals surface area contributed by atoms with Crippen LogP contribution in [0.5, 0.6) is 11.5 Å². The van der Waals surface area contributed by atoms with Gasteiger partial charge in [-0.25, -0.2) is 9.79 Å². The summed E-state index contributed by atoms with van der Waals surface area (Å²) in [6.07, 6.45) is 1.71. The number of carbonyl (C=O) groups excluding carboxylic acids is 1. The summed E-state index contributed by atoms with van der Waals surface area (Å²) in [5.41, 5.74) is 2.46. The Bertz CT molecular complexity index is 1950. The maximum Gasteiger partial charge on any atom is 0.338 e. The number of allylic oxidation sites excluding steroid dienone is 1. The monoisotopic (exact) mass is 734 g/mol. The van der Waals surface area contributed by atoms with E-state index in [2.05, 4.69) is 20.9 Å². The van der Waals surface area contributed by atoms with Crippen LogP contribution in [0.2, 0.25) is 15.1 Å². The maximum absolute atomic E-state index is 14.1. The second-order valence-corrected chi connectivity index (χ2v) is 12.8. The van der Waals surface area contributed by atoms with E-state index in [-0.39, 0.29) is 18.8 Å². The summed E-state index contributed by atoms with van der Waals surface area (Å²) in [5, 5.41) is 1.44. The van der Waals surface area contributed by atoms with Crippen molar-refractivity contribution in [3.8, 4) is 11.5 Å². The van der Waals surface area contributed by atoms with Gasteiger partial charge < -0.3 is 14.2 Å². The number of hydrogen-bond donors (Lipinski definition) is 0. The Kier molecular flexibility index (Phi) is 10.2. The van der Waals surface area contributed by atoms with E-state index in [1.165, 1.54) is 15.9 Å². The van der Waals surface area contributed by atoms with Gasteiger partial charge >= 0.3 is 5.97 Å². The molecule has 5 rings (SSSR count). The molecule has 2 heterocycles. The van der Waals surface area contributed by atoms with Crippen LogP contribution in [0, 0.1) is 0 Å². The van der Waals surface area contributed by atoms with Crippen molar-refractivity contribution >= 4 is 74.1 Å². The van der Waals surface area contributed by atoms with E-state index in [4.69, 9.17) is 49.0 Å². The van der Waals surface area contributed by atoms with E-state index in [9.17, 15) is 9.59 Å². The summed E-state index contributed by atoms with van der Waals surface area (Å²) in [7, 11) is 0. The first-order valence-electron chi connectivity index (χ1n) is 13.6. The lowest BCUT2D eigenvalue weighted by Crippen LogP contribution is -2.39. The number of benzene rings is 3. The van der Waals surface area contributed by atoms with Crippen molar-refractivity contribution in [1.29, 1.82) is 0 Å². The third-order valence-corrected chi connectivity index (χ3v) is 9.11. The van der Waals surface area contributed by atoms with Gasteiger partial charge in [0.2, 0.25) is 0 Å². The molecule has 3 aromatic carbocycles. The van der Waals surface area contributed by atoms with E-state index in [0.29, 0.717) is 69.4 Å². The van der Waals surface area contributed by atoms with E-state index in [0.717, 1.165) is 5.56 Å². The maximum atomic E-state index is 14.1. The van der Waals surface area contributed by atoms with Crippen LogP contribution in [-0.2, 0) is 16.1 Å². The summed E-state index contributed by atoms with van der Waals surface area (Å²) in [5.74, 6) is 0.621. The molecule has 12 heteroatoms. The largest absolute Gasteiger partial charge is 0.494 e. The van der Waals surface area contributed by atoms with Gasteiger partial charge in [0.1, 0.15) is 18.1 Å². The van der Waals surface area contributed by atoms with Crippen LogP contribution < -0.4 is 24.4 Å². The lowest BCUT2D eigenvalue weighted by molar-refractivity contribution is -0.139. The third kappa shape index (κ3) is 6.77. The number of ether oxygens (including phenoxy) is 3. The Labute approximate surface area is 281 Å². The summed E-state index contributed by atoms with van der Waals surface area (Å²) in [6.45, 7) is 6.23. The summed E-state index contributed by atoms with van der Waals surface area (Å²) >= 11 is 23.6. The van der Waals surface area contributed by atoms with Crippen molar-refractivity contribution in [2.24, 2.45) is 4.99 Å². The predicted molar refractivity (Wildman–Crippen MR) is 178 cm³/mol. The number of rotatable bonds is 9. The van der Waals surface area contributed by atoms with Gasteiger partial charge in [-0.3, -0.25) is 9.36 Å². The minimum Gasteiger partial charge on any atom is -0.494 e. The highest BCUT2D eigenvalue weighted by molar-refractivity contribution is 9.10. The molecule has 0 N–H and O–H groups in total. The lowest BCUT2D eigenvalue weighted by atomic mass is 9.96. The van der Waals surface area contributed by atoms with Crippen molar-refractivity contribution < 1.29 is 19.0 Å². The SMILES string of the molecule is CCOC(=O)C1=C(C)N=c2s/c(=C\c3cc(Cl)cc(Br)c3OCc3ccc(Cl)cc3Cl)c(=O)n2[C@H]1c1ccc(OCC)cc1. The molecule has 0 saturated carbocycles. The van der Waals surface area contributed by atoms with Crippen LogP contribution in [0.15, 0.2) is 80.1 Å². The quantitative estimate of drug-likeness (QED) is 0.167. The van der Waals surface area contributed by atoms with Crippen molar-refractivity contribution in [3.05, 3.63) is 122 Å². The van der Waals surface area contributed by atoms with Crippen LogP contribution in [-0.4, -0.2) is 23.8 Å². The van der Waals surface area contributed by atoms with Gasteiger partial charge in [0.05, 0.1) is 39.5 Å². The smallest absolute Gasteiger partial charge is 0.338 e. The van der Waals surface area contributed by atoms with Gasteiger partial charge in [0, 0.05) is 26.2 Å². The summed E-state index contributed by atoms with van der Waals surface area (Å²) in [6, 6.07) is 15.1. The van der Waals surface area contributed by atoms with Gasteiger partial charge in [-0.15, -0.1) is 0 Å². The molecule has 7 nitrogen and oxygen atoms in total. The van der Waals surface area contributed by atoms with Crippen LogP contribution in [0.1, 0.15) is 43.5 Å². The number of carbonyl (C=O) groups is 1. The minimum atomic E-state index is -0.753. The van der Waals surface area contributed by atoms with Gasteiger partial charge in [-0.1, -0.05) is 64.3 Å². The Hall–Kier alpha value is -3.08. The molecule has 228 valence electrons. The number of aromatic nitrogens is 1. The molecule has 1 aliphatic rings. The van der Waals surface area contributed by atoms with Crippen molar-refractivity contribution in [2.75, 3.05) is 13.2 Å². The molecule has 0 spiro atoms. The highest BCUT2D eigenvalue weighted by Crippen LogP contribution is 2.35. The number of fused-ring (bicyclic) bond motifs is 1. The topological polar surface area (TPSA) is 79.1 Å². The first-order chi connectivity index (χ1) is 21.1. The molecule has 1 aliphatic heterocycles. The molecule has 1 atom stereocenters. The molecule has 4 aromatic rings. The molecule has 0 amide bonds. The summed E-state index contributed by atoms with van der Waals surface area (Å²) < 4.78 is 19.7. The number of halogens is 4. The normalized spacial score (nSPS) is 14.7. The van der Waals surface area contributed by atoms with E-state index < -0.39 is 12.0 Å². The van der Waals surface area contributed by atoms with Crippen LogP contribution in [0.25, 0.3) is 6.08 Å². The average Bonchev–Trinajstić information content (AvgIpc) is 3.27. The fourth-order valence-electron chi connectivity index (χ4n) is 4.79. The molecule has 0 fully saturated rings. The van der Waals surface area contributed by atoms with Gasteiger partial charge in [-0.05, 0) is 84.7 Å². The molecule has 0 unspecified atom stereocenters. The van der Waals surface area contributed by atoms with Crippen LogP contribution in [0.4, 0.5) is 0 Å². The zero-order chi connectivity index (χ0) is 31.5. The first-order valence-corrected chi connectivity index (χ1v) is 16.3.